The number of benzene rings is 2. The highest BCUT2D eigenvalue weighted by atomic mass is 35.5. The lowest BCUT2D eigenvalue weighted by molar-refractivity contribution is 0.423. The molecule has 4 atom stereocenters. The zero-order valence-corrected chi connectivity index (χ0v) is 18.1. The highest BCUT2D eigenvalue weighted by molar-refractivity contribution is 6.30. The van der Waals surface area contributed by atoms with Gasteiger partial charge in [0.15, 0.2) is 0 Å². The summed E-state index contributed by atoms with van der Waals surface area (Å²) in [6.45, 7) is 5.60. The van der Waals surface area contributed by atoms with Gasteiger partial charge in [-0.1, -0.05) is 24.6 Å². The van der Waals surface area contributed by atoms with Gasteiger partial charge in [-0.15, -0.1) is 0 Å². The van der Waals surface area contributed by atoms with Crippen LogP contribution in [0, 0.1) is 5.92 Å². The molecule has 0 aromatic heterocycles. The third kappa shape index (κ3) is 3.99. The Bertz CT molecular complexity index is 928. The maximum absolute atomic E-state index is 6.65. The molecule has 30 heavy (non-hydrogen) atoms. The van der Waals surface area contributed by atoms with E-state index in [9.17, 15) is 0 Å². The molecule has 0 bridgehead atoms. The minimum atomic E-state index is -0.229. The Morgan fingerprint density at radius 1 is 1.10 bits per heavy atom. The molecule has 8 heteroatoms. The Labute approximate surface area is 182 Å². The van der Waals surface area contributed by atoms with Crippen molar-refractivity contribution >= 4 is 34.2 Å². The summed E-state index contributed by atoms with van der Waals surface area (Å²) in [6.07, 6.45) is 1.34. The number of anilines is 3. The minimum absolute atomic E-state index is 0.192. The number of hydrogen-bond donors (Lipinski definition) is 5. The summed E-state index contributed by atoms with van der Waals surface area (Å²) in [5.41, 5.74) is 24.3. The van der Waals surface area contributed by atoms with E-state index in [0.717, 1.165) is 34.7 Å². The average molecular weight is 428 g/mol. The Hall–Kier alpha value is -2.29. The van der Waals surface area contributed by atoms with Gasteiger partial charge in [-0.05, 0) is 54.5 Å². The van der Waals surface area contributed by atoms with E-state index in [0.29, 0.717) is 11.6 Å². The van der Waals surface area contributed by atoms with Gasteiger partial charge < -0.3 is 26.6 Å². The van der Waals surface area contributed by atoms with Crippen molar-refractivity contribution in [2.24, 2.45) is 23.1 Å². The number of nitrogens with one attached hydrogen (secondary N) is 2. The predicted molar refractivity (Wildman–Crippen MR) is 125 cm³/mol. The third-order valence-corrected chi connectivity index (χ3v) is 6.07. The van der Waals surface area contributed by atoms with Crippen LogP contribution in [0.2, 0.25) is 5.02 Å². The quantitative estimate of drug-likeness (QED) is 0.511. The van der Waals surface area contributed by atoms with Crippen molar-refractivity contribution in [3.8, 4) is 0 Å². The molecule has 2 aliphatic heterocycles. The Morgan fingerprint density at radius 2 is 1.83 bits per heavy atom. The van der Waals surface area contributed by atoms with E-state index in [4.69, 9.17) is 28.8 Å². The highest BCUT2D eigenvalue weighted by Gasteiger charge is 2.33. The number of rotatable bonds is 3. The average Bonchev–Trinajstić information content (AvgIpc) is 2.83. The monoisotopic (exact) mass is 427 g/mol. The largest absolute Gasteiger partial charge is 0.364 e. The van der Waals surface area contributed by atoms with Gasteiger partial charge in [0, 0.05) is 35.9 Å². The predicted octanol–water partition coefficient (Wildman–Crippen LogP) is 2.30. The summed E-state index contributed by atoms with van der Waals surface area (Å²) in [4.78, 5) is 4.42. The Kier molecular flexibility index (Phi) is 5.90. The van der Waals surface area contributed by atoms with E-state index in [1.165, 1.54) is 0 Å². The molecule has 0 saturated carbocycles. The smallest absolute Gasteiger partial charge is 0.129 e. The first-order valence-electron chi connectivity index (χ1n) is 10.3. The molecular weight excluding hydrogens is 398 g/mol. The molecule has 160 valence electrons. The van der Waals surface area contributed by atoms with Gasteiger partial charge in [-0.3, -0.25) is 11.1 Å². The molecule has 0 saturated heterocycles. The van der Waals surface area contributed by atoms with Crippen molar-refractivity contribution in [3.05, 3.63) is 59.3 Å². The number of nitrogens with zero attached hydrogens (tertiary/aromatic N) is 2. The first kappa shape index (κ1) is 21.0. The van der Waals surface area contributed by atoms with Crippen molar-refractivity contribution in [2.75, 3.05) is 22.9 Å². The molecular formula is C22H30ClN7. The summed E-state index contributed by atoms with van der Waals surface area (Å²) in [5.74, 6) is 0.192. The van der Waals surface area contributed by atoms with Gasteiger partial charge in [-0.2, -0.15) is 0 Å². The van der Waals surface area contributed by atoms with Crippen LogP contribution in [-0.2, 0) is 0 Å². The number of nitrogens with two attached hydrogens (primary N) is 3. The lowest BCUT2D eigenvalue weighted by Gasteiger charge is -2.36. The lowest BCUT2D eigenvalue weighted by atomic mass is 10.0. The van der Waals surface area contributed by atoms with Crippen LogP contribution in [-0.4, -0.2) is 31.7 Å². The van der Waals surface area contributed by atoms with Crippen molar-refractivity contribution < 1.29 is 0 Å². The maximum Gasteiger partial charge on any atom is 0.129 e. The van der Waals surface area contributed by atoms with E-state index in [1.54, 1.807) is 0 Å². The summed E-state index contributed by atoms with van der Waals surface area (Å²) in [6, 6.07) is 14.3. The van der Waals surface area contributed by atoms with Crippen molar-refractivity contribution in [2.45, 2.75) is 32.5 Å². The van der Waals surface area contributed by atoms with E-state index < -0.39 is 0 Å². The van der Waals surface area contributed by atoms with E-state index in [2.05, 4.69) is 45.6 Å². The summed E-state index contributed by atoms with van der Waals surface area (Å²) in [5, 5.41) is 7.09. The minimum Gasteiger partial charge on any atom is -0.364 e. The van der Waals surface area contributed by atoms with Crippen LogP contribution in [0.5, 0.6) is 0 Å². The lowest BCUT2D eigenvalue weighted by Crippen LogP contribution is -2.54. The van der Waals surface area contributed by atoms with E-state index in [1.807, 2.05) is 37.4 Å². The van der Waals surface area contributed by atoms with Crippen molar-refractivity contribution in [1.82, 2.24) is 10.6 Å². The first-order valence-corrected chi connectivity index (χ1v) is 10.6. The van der Waals surface area contributed by atoms with Crippen molar-refractivity contribution in [1.29, 1.82) is 0 Å². The van der Waals surface area contributed by atoms with Gasteiger partial charge >= 0.3 is 0 Å². The fourth-order valence-corrected chi connectivity index (χ4v) is 4.27. The molecule has 7 nitrogen and oxygen atoms in total. The molecule has 8 N–H and O–H groups in total. The molecule has 2 aliphatic rings. The molecule has 4 unspecified atom stereocenters. The van der Waals surface area contributed by atoms with Crippen LogP contribution in [0.3, 0.4) is 0 Å². The highest BCUT2D eigenvalue weighted by Crippen LogP contribution is 2.41. The Morgan fingerprint density at radius 3 is 2.47 bits per heavy atom. The fourth-order valence-electron chi connectivity index (χ4n) is 4.15. The van der Waals surface area contributed by atoms with E-state index >= 15 is 0 Å². The summed E-state index contributed by atoms with van der Waals surface area (Å²) in [7, 11) is 0. The van der Waals surface area contributed by atoms with Crippen LogP contribution in [0.25, 0.3) is 5.57 Å². The molecule has 0 spiro atoms. The standard InChI is InChI=1S/C22H30ClN7/c1-13-12-29(18-6-4-17(23)5-7-18)20-9-15(16-10-27-22(26)28-11-16)3-8-19(20)30(14(2)24)21(13)25/h3-10,13-14,21-22,27-28H,11-12,24-26H2,1-2H3. The maximum atomic E-state index is 6.65. The van der Waals surface area contributed by atoms with E-state index in [-0.39, 0.29) is 24.5 Å². The first-order chi connectivity index (χ1) is 14.3. The topological polar surface area (TPSA) is 109 Å². The molecule has 2 aromatic rings. The molecule has 0 aliphatic carbocycles. The number of halogens is 1. The van der Waals surface area contributed by atoms with Gasteiger partial charge in [-0.25, -0.2) is 0 Å². The zero-order chi connectivity index (χ0) is 21.4. The SMILES string of the molecule is CC1CN(c2ccc(Cl)cc2)c2cc(C3=CNC(N)NC3)ccc2N(C(C)N)C1N. The third-order valence-electron chi connectivity index (χ3n) is 5.82. The van der Waals surface area contributed by atoms with Crippen molar-refractivity contribution in [3.63, 3.8) is 0 Å². The second-order valence-electron chi connectivity index (χ2n) is 8.10. The molecule has 2 heterocycles. The second kappa shape index (κ2) is 8.45. The van der Waals surface area contributed by atoms with Crippen LogP contribution in [0.1, 0.15) is 19.4 Å². The number of hydrogen-bond acceptors (Lipinski definition) is 7. The second-order valence-corrected chi connectivity index (χ2v) is 8.54. The fraction of sp³-hybridized carbons (Fsp3) is 0.364. The van der Waals surface area contributed by atoms with Crippen LogP contribution < -0.4 is 37.6 Å². The number of fused-ring (bicyclic) bond motifs is 1. The van der Waals surface area contributed by atoms with Crippen LogP contribution in [0.15, 0.2) is 48.7 Å². The van der Waals surface area contributed by atoms with Gasteiger partial charge in [0.25, 0.3) is 0 Å². The Balaban J connectivity index is 1.85. The summed E-state index contributed by atoms with van der Waals surface area (Å²) >= 11 is 6.14. The van der Waals surface area contributed by atoms with Crippen LogP contribution >= 0.6 is 11.6 Å². The molecule has 0 radical (unpaired) electrons. The molecule has 0 fully saturated rings. The normalized spacial score (nSPS) is 25.1. The van der Waals surface area contributed by atoms with Crippen LogP contribution in [0.4, 0.5) is 17.1 Å². The van der Waals surface area contributed by atoms with Gasteiger partial charge in [0.1, 0.15) is 6.29 Å². The molecule has 0 amide bonds. The van der Waals surface area contributed by atoms with Gasteiger partial charge in [0.05, 0.1) is 23.7 Å². The molecule has 2 aromatic carbocycles. The molecule has 4 rings (SSSR count). The zero-order valence-electron chi connectivity index (χ0n) is 17.3. The van der Waals surface area contributed by atoms with Gasteiger partial charge in [0.2, 0.25) is 0 Å². The summed E-state index contributed by atoms with van der Waals surface area (Å²) < 4.78 is 0.